The number of pyridine rings is 1. The first kappa shape index (κ1) is 27.4. The van der Waals surface area contributed by atoms with E-state index in [0.717, 1.165) is 43.3 Å². The number of anilines is 3. The topological polar surface area (TPSA) is 137 Å². The lowest BCUT2D eigenvalue weighted by Crippen LogP contribution is -2.30. The number of benzene rings is 2. The molecule has 0 bridgehead atoms. The Balaban J connectivity index is 0.000000623. The molecule has 3 N–H and O–H groups in total. The van der Waals surface area contributed by atoms with Gasteiger partial charge in [0.1, 0.15) is 34.7 Å². The van der Waals surface area contributed by atoms with Crippen molar-refractivity contribution in [3.05, 3.63) is 72.8 Å². The van der Waals surface area contributed by atoms with Gasteiger partial charge in [-0.3, -0.25) is 4.79 Å². The summed E-state index contributed by atoms with van der Waals surface area (Å²) in [4.78, 5) is 25.3. The van der Waals surface area contributed by atoms with Crippen LogP contribution in [0.3, 0.4) is 0 Å². The first-order valence-electron chi connectivity index (χ1n) is 13.2. The van der Waals surface area contributed by atoms with Gasteiger partial charge in [0.2, 0.25) is 5.91 Å². The highest BCUT2D eigenvalue weighted by Crippen LogP contribution is 2.33. The Labute approximate surface area is 235 Å². The fraction of sp³-hybridized carbons (Fsp3) is 0.241. The molecule has 1 aliphatic heterocycles. The van der Waals surface area contributed by atoms with E-state index in [-0.39, 0.29) is 5.69 Å². The van der Waals surface area contributed by atoms with E-state index in [1.54, 1.807) is 29.8 Å². The summed E-state index contributed by atoms with van der Waals surface area (Å²) < 4.78 is 23.1. The van der Waals surface area contributed by atoms with E-state index in [4.69, 9.17) is 9.72 Å². The lowest BCUT2D eigenvalue weighted by atomic mass is 10.1. The molecule has 12 heteroatoms. The number of aryl methyl sites for hydroxylation is 1. The fourth-order valence-electron chi connectivity index (χ4n) is 4.53. The third-order valence-corrected chi connectivity index (χ3v) is 6.75. The van der Waals surface area contributed by atoms with Gasteiger partial charge in [-0.2, -0.15) is 0 Å². The molecular formula is C29H30FN9O2. The summed E-state index contributed by atoms with van der Waals surface area (Å²) in [6.45, 7) is 6.73. The standard InChI is InChI=1S/C26H25FN8O.C3H5NO/c1-16-22(36-17-6-9-21-20(14-17)32-33-34(21)2)10-7-18(24(16)27)30-26-25-19(28-15-29-26)8-11-23(31-25)35-12-4-3-5-13-35;1-2-3(4)5/h6-11,14-15H,3-5,12-13H2,1-2H3,(H,28,29,30);2H,1H2,(H2,4,5). The number of nitrogens with one attached hydrogen (secondary N) is 1. The van der Waals surface area contributed by atoms with Gasteiger partial charge < -0.3 is 20.7 Å². The molecule has 0 saturated carbocycles. The van der Waals surface area contributed by atoms with Crippen molar-refractivity contribution >= 4 is 45.3 Å². The number of carbonyl (C=O) groups is 1. The molecule has 5 aromatic rings. The molecule has 0 radical (unpaired) electrons. The van der Waals surface area contributed by atoms with E-state index >= 15 is 4.39 Å². The fourth-order valence-corrected chi connectivity index (χ4v) is 4.53. The molecule has 2 aromatic carbocycles. The first-order chi connectivity index (χ1) is 19.8. The predicted octanol–water partition coefficient (Wildman–Crippen LogP) is 4.94. The Hall–Kier alpha value is -5.13. The number of hydrogen-bond acceptors (Lipinski definition) is 9. The van der Waals surface area contributed by atoms with E-state index in [1.807, 2.05) is 31.3 Å². The van der Waals surface area contributed by atoms with Crippen molar-refractivity contribution in [1.82, 2.24) is 29.9 Å². The molecule has 0 aliphatic carbocycles. The normalized spacial score (nSPS) is 13.0. The number of rotatable bonds is 6. The summed E-state index contributed by atoms with van der Waals surface area (Å²) in [6, 6.07) is 12.8. The van der Waals surface area contributed by atoms with Crippen molar-refractivity contribution in [3.8, 4) is 11.5 Å². The minimum absolute atomic E-state index is 0.286. The zero-order valence-electron chi connectivity index (χ0n) is 22.8. The maximum absolute atomic E-state index is 15.4. The van der Waals surface area contributed by atoms with Crippen molar-refractivity contribution in [2.75, 3.05) is 23.3 Å². The van der Waals surface area contributed by atoms with Crippen LogP contribution in [0.1, 0.15) is 24.8 Å². The number of carbonyl (C=O) groups excluding carboxylic acids is 1. The second kappa shape index (κ2) is 11.9. The van der Waals surface area contributed by atoms with Gasteiger partial charge >= 0.3 is 0 Å². The SMILES string of the molecule is C=CC(N)=O.Cc1c(Oc2ccc3c(c2)nnn3C)ccc(Nc2ncnc3ccc(N4CCCCC4)nc23)c1F. The molecular weight excluding hydrogens is 525 g/mol. The minimum atomic E-state index is -0.481. The number of amides is 1. The van der Waals surface area contributed by atoms with Crippen LogP contribution in [0.4, 0.5) is 21.7 Å². The van der Waals surface area contributed by atoms with E-state index in [0.29, 0.717) is 39.4 Å². The van der Waals surface area contributed by atoms with Gasteiger partial charge in [-0.15, -0.1) is 5.10 Å². The van der Waals surface area contributed by atoms with Crippen LogP contribution in [0.25, 0.3) is 22.1 Å². The number of halogens is 1. The van der Waals surface area contributed by atoms with Crippen LogP contribution in [0.15, 0.2) is 61.4 Å². The van der Waals surface area contributed by atoms with Crippen LogP contribution >= 0.6 is 0 Å². The van der Waals surface area contributed by atoms with Crippen molar-refractivity contribution in [2.45, 2.75) is 26.2 Å². The monoisotopic (exact) mass is 555 g/mol. The quantitative estimate of drug-likeness (QED) is 0.279. The molecule has 1 amide bonds. The number of nitrogens with two attached hydrogens (primary N) is 1. The van der Waals surface area contributed by atoms with Gasteiger partial charge in [0.15, 0.2) is 11.6 Å². The zero-order valence-corrected chi connectivity index (χ0v) is 22.8. The highest BCUT2D eigenvalue weighted by atomic mass is 19.1. The number of ether oxygens (including phenoxy) is 1. The lowest BCUT2D eigenvalue weighted by molar-refractivity contribution is -0.113. The largest absolute Gasteiger partial charge is 0.457 e. The maximum Gasteiger partial charge on any atom is 0.240 e. The van der Waals surface area contributed by atoms with Crippen molar-refractivity contribution < 1.29 is 13.9 Å². The molecule has 1 saturated heterocycles. The maximum atomic E-state index is 15.4. The molecule has 0 unspecified atom stereocenters. The number of fused-ring (bicyclic) bond motifs is 2. The van der Waals surface area contributed by atoms with Crippen LogP contribution < -0.4 is 20.7 Å². The number of aromatic nitrogens is 6. The van der Waals surface area contributed by atoms with Crippen LogP contribution in [0.5, 0.6) is 11.5 Å². The third kappa shape index (κ3) is 6.06. The lowest BCUT2D eigenvalue weighted by Gasteiger charge is -2.27. The van der Waals surface area contributed by atoms with Crippen LogP contribution in [0.2, 0.25) is 0 Å². The van der Waals surface area contributed by atoms with Gasteiger partial charge in [-0.25, -0.2) is 24.0 Å². The number of piperidine rings is 1. The van der Waals surface area contributed by atoms with Gasteiger partial charge in [0.25, 0.3) is 0 Å². The molecule has 11 nitrogen and oxygen atoms in total. The molecule has 0 atom stereocenters. The Morgan fingerprint density at radius 3 is 2.63 bits per heavy atom. The first-order valence-corrected chi connectivity index (χ1v) is 13.2. The molecule has 6 rings (SSSR count). The Morgan fingerprint density at radius 2 is 1.88 bits per heavy atom. The van der Waals surface area contributed by atoms with Gasteiger partial charge in [-0.1, -0.05) is 11.8 Å². The van der Waals surface area contributed by atoms with E-state index in [2.05, 4.69) is 42.8 Å². The molecule has 0 spiro atoms. The van der Waals surface area contributed by atoms with Crippen molar-refractivity contribution in [3.63, 3.8) is 0 Å². The molecule has 1 fully saturated rings. The minimum Gasteiger partial charge on any atom is -0.457 e. The van der Waals surface area contributed by atoms with Crippen molar-refractivity contribution in [1.29, 1.82) is 0 Å². The van der Waals surface area contributed by atoms with Crippen LogP contribution in [-0.4, -0.2) is 48.9 Å². The molecule has 1 aliphatic rings. The van der Waals surface area contributed by atoms with Crippen molar-refractivity contribution in [2.24, 2.45) is 12.8 Å². The molecule has 4 heterocycles. The Morgan fingerprint density at radius 1 is 1.10 bits per heavy atom. The summed E-state index contributed by atoms with van der Waals surface area (Å²) >= 11 is 0. The summed E-state index contributed by atoms with van der Waals surface area (Å²) in [5.74, 6) is 1.42. The molecule has 41 heavy (non-hydrogen) atoms. The van der Waals surface area contributed by atoms with Gasteiger partial charge in [0, 0.05) is 31.8 Å². The summed E-state index contributed by atoms with van der Waals surface area (Å²) in [7, 11) is 1.83. The highest BCUT2D eigenvalue weighted by Gasteiger charge is 2.17. The van der Waals surface area contributed by atoms with Crippen LogP contribution in [-0.2, 0) is 11.8 Å². The molecule has 3 aromatic heterocycles. The Kier molecular flexibility index (Phi) is 7.99. The summed E-state index contributed by atoms with van der Waals surface area (Å²) in [6.07, 6.45) is 6.06. The zero-order chi connectivity index (χ0) is 28.9. The number of hydrogen-bond donors (Lipinski definition) is 2. The average molecular weight is 556 g/mol. The van der Waals surface area contributed by atoms with Gasteiger partial charge in [-0.05, 0) is 68.7 Å². The van der Waals surface area contributed by atoms with E-state index < -0.39 is 11.7 Å². The smallest absolute Gasteiger partial charge is 0.240 e. The third-order valence-electron chi connectivity index (χ3n) is 6.75. The van der Waals surface area contributed by atoms with Crippen LogP contribution in [0, 0.1) is 12.7 Å². The number of nitrogens with zero attached hydrogens (tertiary/aromatic N) is 7. The number of primary amides is 1. The Bertz CT molecular complexity index is 1730. The van der Waals surface area contributed by atoms with Gasteiger partial charge in [0.05, 0.1) is 16.7 Å². The highest BCUT2D eigenvalue weighted by molar-refractivity contribution is 5.88. The molecule has 210 valence electrons. The summed E-state index contributed by atoms with van der Waals surface area (Å²) in [5.41, 5.74) is 8.10. The van der Waals surface area contributed by atoms with E-state index in [9.17, 15) is 4.79 Å². The average Bonchev–Trinajstić information content (AvgIpc) is 3.37. The van der Waals surface area contributed by atoms with E-state index in [1.165, 1.54) is 12.7 Å². The second-order valence-corrected chi connectivity index (χ2v) is 9.55. The second-order valence-electron chi connectivity index (χ2n) is 9.55. The summed E-state index contributed by atoms with van der Waals surface area (Å²) in [5, 5.41) is 11.2. The predicted molar refractivity (Wildman–Crippen MR) is 156 cm³/mol.